The summed E-state index contributed by atoms with van der Waals surface area (Å²) in [6, 6.07) is 0. The summed E-state index contributed by atoms with van der Waals surface area (Å²) in [5.74, 6) is 1.48. The van der Waals surface area contributed by atoms with E-state index >= 15 is 0 Å². The number of nitrogens with zero attached hydrogens (tertiary/aromatic N) is 1. The monoisotopic (exact) mass is 283 g/mol. The number of hydrogen-bond donors (Lipinski definition) is 0. The highest BCUT2D eigenvalue weighted by Crippen LogP contribution is 2.34. The Morgan fingerprint density at radius 3 is 2.05 bits per heavy atom. The van der Waals surface area contributed by atoms with Gasteiger partial charge in [0.1, 0.15) is 5.60 Å². The topological polar surface area (TPSA) is 29.5 Å². The Labute approximate surface area is 125 Å². The van der Waals surface area contributed by atoms with Crippen LogP contribution in [0.15, 0.2) is 0 Å². The van der Waals surface area contributed by atoms with E-state index in [2.05, 4.69) is 27.7 Å². The summed E-state index contributed by atoms with van der Waals surface area (Å²) in [7, 11) is 0. The number of piperidine rings is 1. The van der Waals surface area contributed by atoms with Gasteiger partial charge in [0, 0.05) is 13.1 Å². The van der Waals surface area contributed by atoms with Crippen LogP contribution in [-0.2, 0) is 4.74 Å². The third-order valence-corrected chi connectivity index (χ3v) is 4.43. The molecule has 1 saturated heterocycles. The number of hydrogen-bond acceptors (Lipinski definition) is 2. The predicted molar refractivity (Wildman–Crippen MR) is 83.8 cm³/mol. The van der Waals surface area contributed by atoms with Crippen molar-refractivity contribution >= 4 is 6.09 Å². The molecule has 118 valence electrons. The molecule has 0 saturated carbocycles. The molecule has 0 spiro atoms. The molecule has 0 aromatic rings. The van der Waals surface area contributed by atoms with Gasteiger partial charge in [0.05, 0.1) is 0 Å². The molecular formula is C17H33NO2. The van der Waals surface area contributed by atoms with Gasteiger partial charge in [0.15, 0.2) is 0 Å². The molecule has 1 rings (SSSR count). The van der Waals surface area contributed by atoms with Crippen LogP contribution in [0.2, 0.25) is 0 Å². The number of carbonyl (C=O) groups excluding carboxylic acids is 1. The van der Waals surface area contributed by atoms with Crippen LogP contribution in [0.1, 0.15) is 67.7 Å². The van der Waals surface area contributed by atoms with Crippen molar-refractivity contribution in [3.8, 4) is 0 Å². The van der Waals surface area contributed by atoms with Crippen LogP contribution < -0.4 is 0 Å². The molecule has 1 aliphatic heterocycles. The van der Waals surface area contributed by atoms with E-state index in [1.165, 1.54) is 6.42 Å². The highest BCUT2D eigenvalue weighted by Gasteiger charge is 2.29. The van der Waals surface area contributed by atoms with Crippen molar-refractivity contribution in [1.82, 2.24) is 4.90 Å². The van der Waals surface area contributed by atoms with Gasteiger partial charge in [-0.25, -0.2) is 4.79 Å². The van der Waals surface area contributed by atoms with Crippen molar-refractivity contribution in [3.63, 3.8) is 0 Å². The molecule has 1 aliphatic rings. The third kappa shape index (κ3) is 5.72. The van der Waals surface area contributed by atoms with Crippen LogP contribution in [0.4, 0.5) is 4.79 Å². The Morgan fingerprint density at radius 2 is 1.65 bits per heavy atom. The fourth-order valence-electron chi connectivity index (χ4n) is 2.53. The van der Waals surface area contributed by atoms with Crippen LogP contribution >= 0.6 is 0 Å². The first-order chi connectivity index (χ1) is 8.99. The summed E-state index contributed by atoms with van der Waals surface area (Å²) >= 11 is 0. The van der Waals surface area contributed by atoms with E-state index in [1.807, 2.05) is 25.7 Å². The maximum atomic E-state index is 12.0. The van der Waals surface area contributed by atoms with Crippen LogP contribution in [0.5, 0.6) is 0 Å². The number of carbonyl (C=O) groups is 1. The van der Waals surface area contributed by atoms with Gasteiger partial charge in [0.2, 0.25) is 0 Å². The summed E-state index contributed by atoms with van der Waals surface area (Å²) in [5.41, 5.74) is -0.0169. The Bertz CT molecular complexity index is 317. The van der Waals surface area contributed by atoms with E-state index in [9.17, 15) is 4.79 Å². The maximum absolute atomic E-state index is 12.0. The first-order valence-corrected chi connectivity index (χ1v) is 7.97. The van der Waals surface area contributed by atoms with Crippen molar-refractivity contribution in [3.05, 3.63) is 0 Å². The standard InChI is InChI=1S/C17H33NO2/c1-13(16(2,3)4)12-14-8-10-18(11-9-14)15(19)20-17(5,6)7/h13-14H,8-12H2,1-7H3. The quantitative estimate of drug-likeness (QED) is 0.734. The third-order valence-electron chi connectivity index (χ3n) is 4.43. The smallest absolute Gasteiger partial charge is 0.410 e. The van der Waals surface area contributed by atoms with E-state index in [4.69, 9.17) is 4.74 Å². The van der Waals surface area contributed by atoms with Gasteiger partial charge in [-0.1, -0.05) is 27.7 Å². The number of ether oxygens (including phenoxy) is 1. The van der Waals surface area contributed by atoms with Gasteiger partial charge < -0.3 is 9.64 Å². The summed E-state index contributed by atoms with van der Waals surface area (Å²) < 4.78 is 5.43. The maximum Gasteiger partial charge on any atom is 0.410 e. The minimum atomic E-state index is -0.394. The molecule has 0 aliphatic carbocycles. The van der Waals surface area contributed by atoms with E-state index < -0.39 is 5.60 Å². The first kappa shape index (κ1) is 17.3. The molecule has 0 aromatic carbocycles. The molecule has 20 heavy (non-hydrogen) atoms. The Morgan fingerprint density at radius 1 is 1.15 bits per heavy atom. The number of rotatable bonds is 2. The average molecular weight is 283 g/mol. The number of amides is 1. The summed E-state index contributed by atoms with van der Waals surface area (Å²) in [6.45, 7) is 16.7. The van der Waals surface area contributed by atoms with Gasteiger partial charge in [-0.05, 0) is 57.3 Å². The molecule has 3 nitrogen and oxygen atoms in total. The van der Waals surface area contributed by atoms with Gasteiger partial charge in [-0.3, -0.25) is 0 Å². The zero-order valence-electron chi connectivity index (χ0n) is 14.5. The largest absolute Gasteiger partial charge is 0.444 e. The lowest BCUT2D eigenvalue weighted by Crippen LogP contribution is -2.42. The lowest BCUT2D eigenvalue weighted by molar-refractivity contribution is 0.0168. The molecule has 3 heteroatoms. The van der Waals surface area contributed by atoms with Crippen molar-refractivity contribution in [1.29, 1.82) is 0 Å². The first-order valence-electron chi connectivity index (χ1n) is 7.97. The van der Waals surface area contributed by atoms with E-state index in [0.717, 1.165) is 37.8 Å². The van der Waals surface area contributed by atoms with Crippen molar-refractivity contribution in [2.24, 2.45) is 17.3 Å². The Kier molecular flexibility index (Phi) is 5.51. The van der Waals surface area contributed by atoms with Gasteiger partial charge in [-0.2, -0.15) is 0 Å². The van der Waals surface area contributed by atoms with Gasteiger partial charge in [0.25, 0.3) is 0 Å². The minimum absolute atomic E-state index is 0.153. The van der Waals surface area contributed by atoms with Gasteiger partial charge >= 0.3 is 6.09 Å². The second-order valence-electron chi connectivity index (χ2n) is 8.41. The molecule has 1 heterocycles. The van der Waals surface area contributed by atoms with Crippen LogP contribution in [0, 0.1) is 17.3 Å². The highest BCUT2D eigenvalue weighted by molar-refractivity contribution is 5.68. The molecule has 1 fully saturated rings. The van der Waals surface area contributed by atoms with Crippen molar-refractivity contribution in [2.45, 2.75) is 73.3 Å². The molecular weight excluding hydrogens is 250 g/mol. The van der Waals surface area contributed by atoms with Crippen molar-refractivity contribution in [2.75, 3.05) is 13.1 Å². The predicted octanol–water partition coefficient (Wildman–Crippen LogP) is 4.71. The zero-order valence-corrected chi connectivity index (χ0v) is 14.5. The SMILES string of the molecule is CC(CC1CCN(C(=O)OC(C)(C)C)CC1)C(C)(C)C. The molecule has 0 radical (unpaired) electrons. The molecule has 0 N–H and O–H groups in total. The van der Waals surface area contributed by atoms with E-state index in [0.29, 0.717) is 5.41 Å². The highest BCUT2D eigenvalue weighted by atomic mass is 16.6. The molecule has 0 bridgehead atoms. The Hall–Kier alpha value is -0.730. The summed E-state index contributed by atoms with van der Waals surface area (Å²) in [6.07, 6.45) is 3.34. The van der Waals surface area contributed by atoms with Crippen LogP contribution in [0.3, 0.4) is 0 Å². The van der Waals surface area contributed by atoms with Crippen LogP contribution in [-0.4, -0.2) is 29.7 Å². The lowest BCUT2D eigenvalue weighted by Gasteiger charge is -2.36. The molecule has 1 atom stereocenters. The summed E-state index contributed by atoms with van der Waals surface area (Å²) in [4.78, 5) is 13.9. The summed E-state index contributed by atoms with van der Waals surface area (Å²) in [5, 5.41) is 0. The minimum Gasteiger partial charge on any atom is -0.444 e. The van der Waals surface area contributed by atoms with E-state index in [1.54, 1.807) is 0 Å². The van der Waals surface area contributed by atoms with Crippen molar-refractivity contribution < 1.29 is 9.53 Å². The van der Waals surface area contributed by atoms with Crippen LogP contribution in [0.25, 0.3) is 0 Å². The molecule has 0 aromatic heterocycles. The van der Waals surface area contributed by atoms with Gasteiger partial charge in [-0.15, -0.1) is 0 Å². The fraction of sp³-hybridized carbons (Fsp3) is 0.941. The lowest BCUT2D eigenvalue weighted by atomic mass is 9.75. The fourth-order valence-corrected chi connectivity index (χ4v) is 2.53. The van der Waals surface area contributed by atoms with E-state index in [-0.39, 0.29) is 6.09 Å². The number of likely N-dealkylation sites (tertiary alicyclic amines) is 1. The Balaban J connectivity index is 2.39. The average Bonchev–Trinajstić information content (AvgIpc) is 2.26. The zero-order chi connectivity index (χ0) is 15.6. The second-order valence-corrected chi connectivity index (χ2v) is 8.41. The molecule has 1 unspecified atom stereocenters. The normalized spacial score (nSPS) is 19.9. The molecule has 1 amide bonds. The second kappa shape index (κ2) is 6.36.